The minimum absolute atomic E-state index is 0.0866. The number of hydrogen-bond acceptors (Lipinski definition) is 4. The van der Waals surface area contributed by atoms with Crippen LogP contribution in [0.4, 0.5) is 0 Å². The number of piperazine rings is 1. The highest BCUT2D eigenvalue weighted by Crippen LogP contribution is 2.28. The molecule has 3 aliphatic rings. The molecule has 7 nitrogen and oxygen atoms in total. The third-order valence-electron chi connectivity index (χ3n) is 6.74. The van der Waals surface area contributed by atoms with Gasteiger partial charge in [0.1, 0.15) is 6.04 Å². The van der Waals surface area contributed by atoms with Crippen LogP contribution in [-0.4, -0.2) is 78.9 Å². The van der Waals surface area contributed by atoms with E-state index in [9.17, 15) is 18.0 Å². The van der Waals surface area contributed by atoms with Crippen LogP contribution in [-0.2, 0) is 19.6 Å². The summed E-state index contributed by atoms with van der Waals surface area (Å²) in [5.41, 5.74) is 0. The van der Waals surface area contributed by atoms with Gasteiger partial charge in [0.15, 0.2) is 0 Å². The number of hydrogen-bond donors (Lipinski definition) is 0. The second-order valence-electron chi connectivity index (χ2n) is 8.83. The standard InChI is InChI=1S/C21H37N3O4S/c1-2-17-29(27,28)24-12-6-9-19(24)21(26)23-15-13-22(14-16-23)20(25)11-10-18-7-4-3-5-8-18/h18-19H,2-17H2,1H3. The fourth-order valence-electron chi connectivity index (χ4n) is 5.04. The molecule has 0 aromatic rings. The van der Waals surface area contributed by atoms with Crippen LogP contribution in [0.5, 0.6) is 0 Å². The van der Waals surface area contributed by atoms with Crippen molar-refractivity contribution in [1.29, 1.82) is 0 Å². The van der Waals surface area contributed by atoms with Crippen LogP contribution in [0.2, 0.25) is 0 Å². The summed E-state index contributed by atoms with van der Waals surface area (Å²) in [6.45, 7) is 4.42. The molecule has 0 bridgehead atoms. The van der Waals surface area contributed by atoms with Gasteiger partial charge in [0.25, 0.3) is 0 Å². The molecular formula is C21H37N3O4S. The molecular weight excluding hydrogens is 390 g/mol. The highest BCUT2D eigenvalue weighted by molar-refractivity contribution is 7.89. The topological polar surface area (TPSA) is 78.0 Å². The molecule has 1 aliphatic carbocycles. The Morgan fingerprint density at radius 3 is 2.17 bits per heavy atom. The first-order chi connectivity index (χ1) is 13.9. The SMILES string of the molecule is CCCS(=O)(=O)N1CCCC1C(=O)N1CCN(C(=O)CCC2CCCCC2)CC1. The molecule has 166 valence electrons. The van der Waals surface area contributed by atoms with Gasteiger partial charge < -0.3 is 9.80 Å². The summed E-state index contributed by atoms with van der Waals surface area (Å²) in [4.78, 5) is 29.2. The lowest BCUT2D eigenvalue weighted by Gasteiger charge is -2.37. The normalized spacial score (nSPS) is 24.8. The second-order valence-corrected chi connectivity index (χ2v) is 10.9. The van der Waals surface area contributed by atoms with Crippen molar-refractivity contribution in [1.82, 2.24) is 14.1 Å². The molecule has 0 aromatic carbocycles. The first kappa shape index (κ1) is 22.5. The van der Waals surface area contributed by atoms with E-state index in [1.807, 2.05) is 11.8 Å². The Hall–Kier alpha value is -1.15. The molecule has 8 heteroatoms. The number of amides is 2. The zero-order chi connectivity index (χ0) is 20.9. The molecule has 2 heterocycles. The maximum atomic E-state index is 13.0. The molecule has 1 atom stereocenters. The van der Waals surface area contributed by atoms with E-state index in [-0.39, 0.29) is 17.6 Å². The Morgan fingerprint density at radius 2 is 1.52 bits per heavy atom. The Balaban J connectivity index is 1.47. The van der Waals surface area contributed by atoms with Crippen LogP contribution < -0.4 is 0 Å². The van der Waals surface area contributed by atoms with Gasteiger partial charge in [-0.05, 0) is 31.6 Å². The van der Waals surface area contributed by atoms with Gasteiger partial charge in [-0.15, -0.1) is 0 Å². The Kier molecular flexibility index (Phi) is 7.96. The van der Waals surface area contributed by atoms with Crippen LogP contribution in [0.3, 0.4) is 0 Å². The van der Waals surface area contributed by atoms with Gasteiger partial charge in [-0.1, -0.05) is 39.0 Å². The molecule has 29 heavy (non-hydrogen) atoms. The van der Waals surface area contributed by atoms with E-state index in [2.05, 4.69) is 0 Å². The van der Waals surface area contributed by atoms with Gasteiger partial charge >= 0.3 is 0 Å². The van der Waals surface area contributed by atoms with Crippen molar-refractivity contribution in [2.45, 2.75) is 77.2 Å². The van der Waals surface area contributed by atoms with Crippen molar-refractivity contribution in [2.24, 2.45) is 5.92 Å². The second kappa shape index (κ2) is 10.2. The molecule has 0 radical (unpaired) electrons. The van der Waals surface area contributed by atoms with Gasteiger partial charge in [-0.3, -0.25) is 9.59 Å². The van der Waals surface area contributed by atoms with E-state index in [0.29, 0.717) is 57.9 Å². The molecule has 2 amide bonds. The van der Waals surface area contributed by atoms with E-state index in [4.69, 9.17) is 0 Å². The summed E-state index contributed by atoms with van der Waals surface area (Å²) < 4.78 is 26.4. The fraction of sp³-hybridized carbons (Fsp3) is 0.905. The number of carbonyl (C=O) groups excluding carboxylic acids is 2. The quantitative estimate of drug-likeness (QED) is 0.624. The summed E-state index contributed by atoms with van der Waals surface area (Å²) in [5.74, 6) is 0.918. The summed E-state index contributed by atoms with van der Waals surface area (Å²) in [7, 11) is -3.36. The van der Waals surface area contributed by atoms with Crippen molar-refractivity contribution in [3.8, 4) is 0 Å². The maximum absolute atomic E-state index is 13.0. The number of nitrogens with zero attached hydrogens (tertiary/aromatic N) is 3. The average Bonchev–Trinajstić information content (AvgIpc) is 3.23. The molecule has 0 aromatic heterocycles. The maximum Gasteiger partial charge on any atom is 0.241 e. The molecule has 2 aliphatic heterocycles. The average molecular weight is 428 g/mol. The Morgan fingerprint density at radius 1 is 0.862 bits per heavy atom. The van der Waals surface area contributed by atoms with Crippen LogP contribution in [0.15, 0.2) is 0 Å². The van der Waals surface area contributed by atoms with Crippen molar-refractivity contribution < 1.29 is 18.0 Å². The van der Waals surface area contributed by atoms with Crippen LogP contribution in [0, 0.1) is 5.92 Å². The van der Waals surface area contributed by atoms with Crippen LogP contribution in [0.1, 0.15) is 71.1 Å². The Labute approximate surface area is 175 Å². The van der Waals surface area contributed by atoms with E-state index < -0.39 is 16.1 Å². The first-order valence-corrected chi connectivity index (χ1v) is 13.1. The molecule has 1 unspecified atom stereocenters. The predicted octanol–water partition coefficient (Wildman–Crippen LogP) is 2.22. The lowest BCUT2D eigenvalue weighted by Crippen LogP contribution is -2.55. The van der Waals surface area contributed by atoms with Crippen LogP contribution in [0.25, 0.3) is 0 Å². The summed E-state index contributed by atoms with van der Waals surface area (Å²) >= 11 is 0. The number of carbonyl (C=O) groups is 2. The summed E-state index contributed by atoms with van der Waals surface area (Å²) in [6.07, 6.45) is 9.94. The van der Waals surface area contributed by atoms with Crippen molar-refractivity contribution in [2.75, 3.05) is 38.5 Å². The predicted molar refractivity (Wildman–Crippen MR) is 113 cm³/mol. The minimum atomic E-state index is -3.36. The zero-order valence-corrected chi connectivity index (χ0v) is 18.7. The zero-order valence-electron chi connectivity index (χ0n) is 17.9. The third kappa shape index (κ3) is 5.72. The lowest BCUT2D eigenvalue weighted by atomic mass is 9.86. The number of sulfonamides is 1. The molecule has 0 N–H and O–H groups in total. The van der Waals surface area contributed by atoms with Gasteiger partial charge in [0.05, 0.1) is 5.75 Å². The van der Waals surface area contributed by atoms with E-state index >= 15 is 0 Å². The van der Waals surface area contributed by atoms with Gasteiger partial charge in [0.2, 0.25) is 21.8 Å². The van der Waals surface area contributed by atoms with Gasteiger partial charge in [0, 0.05) is 39.1 Å². The lowest BCUT2D eigenvalue weighted by molar-refractivity contribution is -0.141. The van der Waals surface area contributed by atoms with E-state index in [1.165, 1.54) is 36.4 Å². The highest BCUT2D eigenvalue weighted by atomic mass is 32.2. The smallest absolute Gasteiger partial charge is 0.241 e. The molecule has 0 spiro atoms. The number of rotatable bonds is 7. The van der Waals surface area contributed by atoms with Gasteiger partial charge in [-0.2, -0.15) is 4.31 Å². The molecule has 2 saturated heterocycles. The summed E-state index contributed by atoms with van der Waals surface area (Å²) in [6, 6.07) is -0.555. The largest absolute Gasteiger partial charge is 0.339 e. The Bertz CT molecular complexity index is 667. The molecule has 1 saturated carbocycles. The summed E-state index contributed by atoms with van der Waals surface area (Å²) in [5, 5.41) is 0. The minimum Gasteiger partial charge on any atom is -0.339 e. The van der Waals surface area contributed by atoms with Crippen LogP contribution >= 0.6 is 0 Å². The van der Waals surface area contributed by atoms with E-state index in [0.717, 1.165) is 12.8 Å². The van der Waals surface area contributed by atoms with E-state index in [1.54, 1.807) is 4.90 Å². The van der Waals surface area contributed by atoms with Crippen molar-refractivity contribution >= 4 is 21.8 Å². The fourth-order valence-corrected chi connectivity index (χ4v) is 6.78. The first-order valence-electron chi connectivity index (χ1n) is 11.5. The third-order valence-corrected chi connectivity index (χ3v) is 8.82. The van der Waals surface area contributed by atoms with Gasteiger partial charge in [-0.25, -0.2) is 8.42 Å². The van der Waals surface area contributed by atoms with Crippen molar-refractivity contribution in [3.63, 3.8) is 0 Å². The highest BCUT2D eigenvalue weighted by Gasteiger charge is 2.40. The molecule has 3 fully saturated rings. The molecule has 3 rings (SSSR count). The van der Waals surface area contributed by atoms with Crippen molar-refractivity contribution in [3.05, 3.63) is 0 Å². The monoisotopic (exact) mass is 427 g/mol.